The number of amides is 1. The minimum absolute atomic E-state index is 0.0140. The van der Waals surface area contributed by atoms with Gasteiger partial charge in [-0.3, -0.25) is 9.89 Å². The summed E-state index contributed by atoms with van der Waals surface area (Å²) < 4.78 is 5.54. The second-order valence-corrected chi connectivity index (χ2v) is 4.97. The number of hydrogen-bond donors (Lipinski definition) is 3. The standard InChI is InChI=1S/C13H22N4O2/c1-9-10(8-16-17-9)3-2-6-15-13(18)12-5-4-11(7-14)19-12/h8,11-12H,2-7,14H2,1H3,(H,15,18)(H,16,17). The number of aromatic amines is 1. The van der Waals surface area contributed by atoms with E-state index in [1.54, 1.807) is 0 Å². The molecule has 19 heavy (non-hydrogen) atoms. The van der Waals surface area contributed by atoms with Crippen LogP contribution in [0.2, 0.25) is 0 Å². The molecule has 0 aliphatic carbocycles. The van der Waals surface area contributed by atoms with Gasteiger partial charge < -0.3 is 15.8 Å². The summed E-state index contributed by atoms with van der Waals surface area (Å²) in [5, 5.41) is 9.79. The first kappa shape index (κ1) is 14.0. The number of carbonyl (C=O) groups is 1. The molecule has 2 atom stereocenters. The van der Waals surface area contributed by atoms with Gasteiger partial charge in [0, 0.05) is 18.8 Å². The van der Waals surface area contributed by atoms with E-state index in [0.717, 1.165) is 31.4 Å². The summed E-state index contributed by atoms with van der Waals surface area (Å²) >= 11 is 0. The van der Waals surface area contributed by atoms with Crippen molar-refractivity contribution in [3.05, 3.63) is 17.5 Å². The van der Waals surface area contributed by atoms with Gasteiger partial charge in [-0.15, -0.1) is 0 Å². The number of rotatable bonds is 6. The van der Waals surface area contributed by atoms with Crippen LogP contribution in [0.1, 0.15) is 30.5 Å². The second kappa shape index (κ2) is 6.68. The first-order chi connectivity index (χ1) is 9.20. The van der Waals surface area contributed by atoms with E-state index < -0.39 is 0 Å². The Bertz CT molecular complexity index is 419. The van der Waals surface area contributed by atoms with Crippen molar-refractivity contribution in [2.45, 2.75) is 44.8 Å². The minimum Gasteiger partial charge on any atom is -0.364 e. The summed E-state index contributed by atoms with van der Waals surface area (Å²) in [4.78, 5) is 11.8. The molecule has 106 valence electrons. The van der Waals surface area contributed by atoms with E-state index >= 15 is 0 Å². The van der Waals surface area contributed by atoms with E-state index in [9.17, 15) is 4.79 Å². The maximum atomic E-state index is 11.8. The maximum Gasteiger partial charge on any atom is 0.249 e. The Morgan fingerprint density at radius 3 is 3.11 bits per heavy atom. The SMILES string of the molecule is Cc1[nH]ncc1CCCNC(=O)C1CCC(CN)O1. The zero-order valence-electron chi connectivity index (χ0n) is 11.3. The molecule has 1 aromatic rings. The van der Waals surface area contributed by atoms with E-state index in [0.29, 0.717) is 13.1 Å². The lowest BCUT2D eigenvalue weighted by Gasteiger charge is -2.12. The molecule has 0 radical (unpaired) electrons. The fourth-order valence-corrected chi connectivity index (χ4v) is 2.30. The lowest BCUT2D eigenvalue weighted by molar-refractivity contribution is -0.131. The molecule has 1 aliphatic heterocycles. The van der Waals surface area contributed by atoms with Crippen molar-refractivity contribution in [1.82, 2.24) is 15.5 Å². The zero-order chi connectivity index (χ0) is 13.7. The number of carbonyl (C=O) groups excluding carboxylic acids is 1. The number of nitrogens with zero attached hydrogens (tertiary/aromatic N) is 1. The first-order valence-electron chi connectivity index (χ1n) is 6.82. The van der Waals surface area contributed by atoms with Gasteiger partial charge >= 0.3 is 0 Å². The highest BCUT2D eigenvalue weighted by Crippen LogP contribution is 2.18. The van der Waals surface area contributed by atoms with Gasteiger partial charge in [0.05, 0.1) is 12.3 Å². The Morgan fingerprint density at radius 2 is 2.47 bits per heavy atom. The molecule has 4 N–H and O–H groups in total. The Balaban J connectivity index is 1.63. The summed E-state index contributed by atoms with van der Waals surface area (Å²) in [7, 11) is 0. The minimum atomic E-state index is -0.316. The highest BCUT2D eigenvalue weighted by molar-refractivity contribution is 5.80. The van der Waals surface area contributed by atoms with Crippen LogP contribution in [0, 0.1) is 6.92 Å². The predicted octanol–water partition coefficient (Wildman–Crippen LogP) is 0.273. The summed E-state index contributed by atoms with van der Waals surface area (Å²) in [6.07, 6.45) is 5.03. The van der Waals surface area contributed by atoms with Crippen molar-refractivity contribution in [1.29, 1.82) is 0 Å². The van der Waals surface area contributed by atoms with Gasteiger partial charge in [-0.1, -0.05) is 0 Å². The number of hydrogen-bond acceptors (Lipinski definition) is 4. The van der Waals surface area contributed by atoms with Gasteiger partial charge in [0.1, 0.15) is 6.10 Å². The molecule has 1 aliphatic rings. The maximum absolute atomic E-state index is 11.8. The lowest BCUT2D eigenvalue weighted by Crippen LogP contribution is -2.36. The first-order valence-corrected chi connectivity index (χ1v) is 6.82. The summed E-state index contributed by atoms with van der Waals surface area (Å²) in [6, 6.07) is 0. The molecular formula is C13H22N4O2. The fourth-order valence-electron chi connectivity index (χ4n) is 2.30. The Labute approximate surface area is 113 Å². The van der Waals surface area contributed by atoms with E-state index in [4.69, 9.17) is 10.5 Å². The molecule has 1 amide bonds. The van der Waals surface area contributed by atoms with E-state index in [-0.39, 0.29) is 18.1 Å². The average Bonchev–Trinajstić information content (AvgIpc) is 3.03. The van der Waals surface area contributed by atoms with Gasteiger partial charge in [-0.2, -0.15) is 5.10 Å². The number of aryl methyl sites for hydroxylation is 2. The molecule has 0 aromatic carbocycles. The molecule has 1 aromatic heterocycles. The van der Waals surface area contributed by atoms with E-state index in [2.05, 4.69) is 15.5 Å². The largest absolute Gasteiger partial charge is 0.364 e. The average molecular weight is 266 g/mol. The number of nitrogens with one attached hydrogen (secondary N) is 2. The van der Waals surface area contributed by atoms with Gasteiger partial charge in [0.2, 0.25) is 5.91 Å². The molecule has 2 unspecified atom stereocenters. The van der Waals surface area contributed by atoms with Crippen LogP contribution >= 0.6 is 0 Å². The molecule has 6 nitrogen and oxygen atoms in total. The van der Waals surface area contributed by atoms with Crippen molar-refractivity contribution in [2.75, 3.05) is 13.1 Å². The third-order valence-corrected chi connectivity index (χ3v) is 3.52. The number of nitrogens with two attached hydrogens (primary N) is 1. The fraction of sp³-hybridized carbons (Fsp3) is 0.692. The highest BCUT2D eigenvalue weighted by atomic mass is 16.5. The van der Waals surface area contributed by atoms with Crippen LogP contribution in [0.15, 0.2) is 6.20 Å². The van der Waals surface area contributed by atoms with Crippen molar-refractivity contribution < 1.29 is 9.53 Å². The third kappa shape index (κ3) is 3.78. The third-order valence-electron chi connectivity index (χ3n) is 3.52. The molecule has 0 bridgehead atoms. The Hall–Kier alpha value is -1.40. The molecule has 1 saturated heterocycles. The summed E-state index contributed by atoms with van der Waals surface area (Å²) in [6.45, 7) is 3.15. The van der Waals surface area contributed by atoms with Crippen molar-refractivity contribution >= 4 is 5.91 Å². The topological polar surface area (TPSA) is 93.0 Å². The number of H-pyrrole nitrogens is 1. The van der Waals surface area contributed by atoms with Crippen molar-refractivity contribution in [3.8, 4) is 0 Å². The van der Waals surface area contributed by atoms with Crippen LogP contribution < -0.4 is 11.1 Å². The molecule has 6 heteroatoms. The van der Waals surface area contributed by atoms with E-state index in [1.165, 1.54) is 5.56 Å². The monoisotopic (exact) mass is 266 g/mol. The van der Waals surface area contributed by atoms with Crippen LogP contribution in [0.3, 0.4) is 0 Å². The quantitative estimate of drug-likeness (QED) is 0.644. The second-order valence-electron chi connectivity index (χ2n) is 4.97. The molecule has 2 rings (SSSR count). The summed E-state index contributed by atoms with van der Waals surface area (Å²) in [5.74, 6) is -0.0140. The molecule has 2 heterocycles. The van der Waals surface area contributed by atoms with Crippen molar-refractivity contribution in [2.24, 2.45) is 5.73 Å². The molecule has 0 saturated carbocycles. The predicted molar refractivity (Wildman–Crippen MR) is 71.6 cm³/mol. The normalized spacial score (nSPS) is 22.6. The Morgan fingerprint density at radius 1 is 1.63 bits per heavy atom. The van der Waals surface area contributed by atoms with Crippen LogP contribution in [-0.2, 0) is 16.0 Å². The Kier molecular flexibility index (Phi) is 4.93. The highest BCUT2D eigenvalue weighted by Gasteiger charge is 2.29. The summed E-state index contributed by atoms with van der Waals surface area (Å²) in [5.41, 5.74) is 7.82. The van der Waals surface area contributed by atoms with E-state index in [1.807, 2.05) is 13.1 Å². The molecule has 0 spiro atoms. The lowest BCUT2D eigenvalue weighted by atomic mass is 10.1. The van der Waals surface area contributed by atoms with Crippen LogP contribution in [0.25, 0.3) is 0 Å². The van der Waals surface area contributed by atoms with Gasteiger partial charge in [0.15, 0.2) is 0 Å². The molecular weight excluding hydrogens is 244 g/mol. The van der Waals surface area contributed by atoms with Crippen LogP contribution in [-0.4, -0.2) is 41.4 Å². The smallest absolute Gasteiger partial charge is 0.249 e. The van der Waals surface area contributed by atoms with Gasteiger partial charge in [-0.05, 0) is 38.2 Å². The van der Waals surface area contributed by atoms with Crippen LogP contribution in [0.4, 0.5) is 0 Å². The van der Waals surface area contributed by atoms with Crippen molar-refractivity contribution in [3.63, 3.8) is 0 Å². The van der Waals surface area contributed by atoms with Gasteiger partial charge in [-0.25, -0.2) is 0 Å². The zero-order valence-corrected chi connectivity index (χ0v) is 11.3. The molecule has 1 fully saturated rings. The van der Waals surface area contributed by atoms with Crippen LogP contribution in [0.5, 0.6) is 0 Å². The number of aromatic nitrogens is 2. The van der Waals surface area contributed by atoms with Gasteiger partial charge in [0.25, 0.3) is 0 Å². The number of ether oxygens (including phenoxy) is 1.